The zero-order valence-corrected chi connectivity index (χ0v) is 14.1. The maximum absolute atomic E-state index is 12.2. The van der Waals surface area contributed by atoms with Crippen LogP contribution < -0.4 is 4.83 Å². The SMILES string of the molecule is O=C(O)CC/C(=N/NS(=O)(=O)c1ccc(Cl)cc1)c1ccccc1. The van der Waals surface area contributed by atoms with Crippen molar-refractivity contribution < 1.29 is 18.3 Å². The van der Waals surface area contributed by atoms with E-state index in [2.05, 4.69) is 9.93 Å². The Morgan fingerprint density at radius 3 is 2.25 bits per heavy atom. The predicted molar refractivity (Wildman–Crippen MR) is 91.6 cm³/mol. The number of halogens is 1. The molecule has 0 unspecified atom stereocenters. The third-order valence-corrected chi connectivity index (χ3v) is 4.58. The minimum atomic E-state index is -3.86. The lowest BCUT2D eigenvalue weighted by Crippen LogP contribution is -2.21. The number of hydrazone groups is 1. The van der Waals surface area contributed by atoms with Crippen LogP contribution >= 0.6 is 11.6 Å². The van der Waals surface area contributed by atoms with Crippen molar-refractivity contribution in [1.29, 1.82) is 0 Å². The molecule has 0 heterocycles. The van der Waals surface area contributed by atoms with Crippen LogP contribution in [0, 0.1) is 0 Å². The molecule has 0 aromatic heterocycles. The van der Waals surface area contributed by atoms with Gasteiger partial charge >= 0.3 is 5.97 Å². The second-order valence-corrected chi connectivity index (χ2v) is 6.96. The topological polar surface area (TPSA) is 95.8 Å². The summed E-state index contributed by atoms with van der Waals surface area (Å²) in [6.07, 6.45) is -0.0567. The summed E-state index contributed by atoms with van der Waals surface area (Å²) < 4.78 is 24.5. The van der Waals surface area contributed by atoms with Gasteiger partial charge in [-0.2, -0.15) is 18.4 Å². The first kappa shape index (κ1) is 18.0. The number of rotatable bonds is 7. The van der Waals surface area contributed by atoms with Crippen LogP contribution in [0.25, 0.3) is 0 Å². The van der Waals surface area contributed by atoms with Crippen molar-refractivity contribution in [3.63, 3.8) is 0 Å². The van der Waals surface area contributed by atoms with Crippen molar-refractivity contribution in [3.8, 4) is 0 Å². The van der Waals surface area contributed by atoms with Gasteiger partial charge in [-0.15, -0.1) is 0 Å². The molecule has 0 saturated heterocycles. The summed E-state index contributed by atoms with van der Waals surface area (Å²) in [6.45, 7) is 0. The first-order valence-electron chi connectivity index (χ1n) is 6.99. The molecule has 0 aliphatic rings. The second kappa shape index (κ2) is 7.94. The first-order valence-corrected chi connectivity index (χ1v) is 8.86. The fourth-order valence-corrected chi connectivity index (χ4v) is 2.86. The fraction of sp³-hybridized carbons (Fsp3) is 0.125. The average Bonchev–Trinajstić information content (AvgIpc) is 2.56. The van der Waals surface area contributed by atoms with E-state index in [4.69, 9.17) is 16.7 Å². The van der Waals surface area contributed by atoms with Gasteiger partial charge in [-0.3, -0.25) is 4.79 Å². The van der Waals surface area contributed by atoms with Crippen LogP contribution in [0.5, 0.6) is 0 Å². The number of aliphatic carboxylic acids is 1. The number of nitrogens with one attached hydrogen (secondary N) is 1. The van der Waals surface area contributed by atoms with E-state index in [9.17, 15) is 13.2 Å². The molecule has 2 aromatic carbocycles. The van der Waals surface area contributed by atoms with Crippen LogP contribution in [0.1, 0.15) is 18.4 Å². The van der Waals surface area contributed by atoms with Crippen molar-refractivity contribution in [3.05, 3.63) is 65.2 Å². The highest BCUT2D eigenvalue weighted by atomic mass is 35.5. The van der Waals surface area contributed by atoms with Gasteiger partial charge in [0, 0.05) is 11.4 Å². The first-order chi connectivity index (χ1) is 11.4. The van der Waals surface area contributed by atoms with Gasteiger partial charge in [0.05, 0.1) is 17.0 Å². The standard InChI is InChI=1S/C16H15ClN2O4S/c17-13-6-8-14(9-7-13)24(22,23)19-18-15(10-11-16(20)21)12-4-2-1-3-5-12/h1-9,19H,10-11H2,(H,20,21)/b18-15-. The predicted octanol–water partition coefficient (Wildman–Crippen LogP) is 2.89. The summed E-state index contributed by atoms with van der Waals surface area (Å²) in [4.78, 5) is 12.9. The fourth-order valence-electron chi connectivity index (χ4n) is 1.90. The molecule has 2 aromatic rings. The Hall–Kier alpha value is -2.38. The lowest BCUT2D eigenvalue weighted by molar-refractivity contribution is -0.136. The van der Waals surface area contributed by atoms with Crippen molar-refractivity contribution >= 4 is 33.3 Å². The third kappa shape index (κ3) is 5.07. The van der Waals surface area contributed by atoms with Gasteiger partial charge in [0.2, 0.25) is 0 Å². The Kier molecular flexibility index (Phi) is 5.94. The van der Waals surface area contributed by atoms with E-state index in [0.29, 0.717) is 16.3 Å². The zero-order chi connectivity index (χ0) is 17.6. The molecule has 0 fully saturated rings. The highest BCUT2D eigenvalue weighted by Crippen LogP contribution is 2.14. The molecular formula is C16H15ClN2O4S. The quantitative estimate of drug-likeness (QED) is 0.581. The van der Waals surface area contributed by atoms with Crippen molar-refractivity contribution in [2.24, 2.45) is 5.10 Å². The largest absolute Gasteiger partial charge is 0.481 e. The summed E-state index contributed by atoms with van der Waals surface area (Å²) in [5.74, 6) is -0.987. The van der Waals surface area contributed by atoms with E-state index >= 15 is 0 Å². The van der Waals surface area contributed by atoms with Gasteiger partial charge in [-0.1, -0.05) is 41.9 Å². The molecule has 0 bridgehead atoms. The van der Waals surface area contributed by atoms with E-state index in [1.165, 1.54) is 24.3 Å². The van der Waals surface area contributed by atoms with Gasteiger partial charge in [0.25, 0.3) is 10.0 Å². The van der Waals surface area contributed by atoms with Crippen LogP contribution in [0.3, 0.4) is 0 Å². The number of carboxylic acids is 1. The monoisotopic (exact) mass is 366 g/mol. The molecule has 126 valence electrons. The number of carboxylic acid groups (broad SMARTS) is 1. The summed E-state index contributed by atoms with van der Waals surface area (Å²) in [5, 5.41) is 13.2. The van der Waals surface area contributed by atoms with E-state index in [0.717, 1.165) is 0 Å². The minimum absolute atomic E-state index is 0.0151. The number of hydrogen-bond acceptors (Lipinski definition) is 4. The van der Waals surface area contributed by atoms with Crippen molar-refractivity contribution in [2.75, 3.05) is 0 Å². The van der Waals surface area contributed by atoms with E-state index in [-0.39, 0.29) is 17.7 Å². The number of benzene rings is 2. The van der Waals surface area contributed by atoms with Crippen molar-refractivity contribution in [1.82, 2.24) is 4.83 Å². The molecule has 0 atom stereocenters. The van der Waals surface area contributed by atoms with E-state index in [1.54, 1.807) is 30.3 Å². The molecule has 24 heavy (non-hydrogen) atoms. The summed E-state index contributed by atoms with van der Waals surface area (Å²) in [6, 6.07) is 14.4. The zero-order valence-electron chi connectivity index (χ0n) is 12.5. The normalized spacial score (nSPS) is 12.0. The molecular weight excluding hydrogens is 352 g/mol. The Balaban J connectivity index is 2.25. The molecule has 8 heteroatoms. The number of hydrogen-bond donors (Lipinski definition) is 2. The van der Waals surface area contributed by atoms with Gasteiger partial charge in [-0.25, -0.2) is 0 Å². The Morgan fingerprint density at radius 1 is 1.04 bits per heavy atom. The molecule has 0 saturated carbocycles. The molecule has 2 N–H and O–H groups in total. The Bertz CT molecular complexity index is 834. The van der Waals surface area contributed by atoms with Crippen LogP contribution in [-0.4, -0.2) is 25.2 Å². The molecule has 0 spiro atoms. The van der Waals surface area contributed by atoms with Gasteiger partial charge < -0.3 is 5.11 Å². The molecule has 2 rings (SSSR count). The number of sulfonamides is 1. The lowest BCUT2D eigenvalue weighted by atomic mass is 10.1. The third-order valence-electron chi connectivity index (χ3n) is 3.11. The second-order valence-electron chi connectivity index (χ2n) is 4.87. The van der Waals surface area contributed by atoms with Crippen LogP contribution in [-0.2, 0) is 14.8 Å². The molecule has 0 aliphatic heterocycles. The lowest BCUT2D eigenvalue weighted by Gasteiger charge is -2.08. The number of nitrogens with zero attached hydrogens (tertiary/aromatic N) is 1. The minimum Gasteiger partial charge on any atom is -0.481 e. The van der Waals surface area contributed by atoms with E-state index in [1.807, 2.05) is 0 Å². The Morgan fingerprint density at radius 2 is 1.67 bits per heavy atom. The smallest absolute Gasteiger partial charge is 0.303 e. The van der Waals surface area contributed by atoms with Crippen molar-refractivity contribution in [2.45, 2.75) is 17.7 Å². The molecule has 0 radical (unpaired) electrons. The summed E-state index contributed by atoms with van der Waals surface area (Å²) >= 11 is 5.74. The maximum Gasteiger partial charge on any atom is 0.303 e. The van der Waals surface area contributed by atoms with E-state index < -0.39 is 16.0 Å². The van der Waals surface area contributed by atoms with Gasteiger partial charge in [0.1, 0.15) is 0 Å². The van der Waals surface area contributed by atoms with Crippen LogP contribution in [0.15, 0.2) is 64.6 Å². The molecule has 6 nitrogen and oxygen atoms in total. The van der Waals surface area contributed by atoms with Crippen LogP contribution in [0.4, 0.5) is 0 Å². The number of carbonyl (C=O) groups is 1. The highest BCUT2D eigenvalue weighted by Gasteiger charge is 2.14. The molecule has 0 amide bonds. The van der Waals surface area contributed by atoms with Crippen LogP contribution in [0.2, 0.25) is 5.02 Å². The van der Waals surface area contributed by atoms with Gasteiger partial charge in [-0.05, 0) is 29.8 Å². The highest BCUT2D eigenvalue weighted by molar-refractivity contribution is 7.89. The summed E-state index contributed by atoms with van der Waals surface area (Å²) in [5.41, 5.74) is 0.994. The van der Waals surface area contributed by atoms with Gasteiger partial charge in [0.15, 0.2) is 0 Å². The average molecular weight is 367 g/mol. The Labute approximate surface area is 144 Å². The maximum atomic E-state index is 12.2. The molecule has 0 aliphatic carbocycles. The summed E-state index contributed by atoms with van der Waals surface area (Å²) in [7, 11) is -3.86.